The molecule has 2 fully saturated rings. The number of halogens is 1. The van der Waals surface area contributed by atoms with Gasteiger partial charge in [-0.1, -0.05) is 49.6 Å². The summed E-state index contributed by atoms with van der Waals surface area (Å²) in [6.07, 6.45) is 7.82. The molecule has 4 rings (SSSR count). The maximum Gasteiger partial charge on any atom is 0.192 e. The van der Waals surface area contributed by atoms with Crippen LogP contribution in [0.4, 0.5) is 0 Å². The van der Waals surface area contributed by atoms with Crippen LogP contribution in [0.1, 0.15) is 62.7 Å². The van der Waals surface area contributed by atoms with Gasteiger partial charge in [-0.3, -0.25) is 0 Å². The molecule has 1 aromatic carbocycles. The molecule has 2 aliphatic rings. The van der Waals surface area contributed by atoms with Gasteiger partial charge in [0.15, 0.2) is 11.8 Å². The van der Waals surface area contributed by atoms with E-state index in [4.69, 9.17) is 9.73 Å². The summed E-state index contributed by atoms with van der Waals surface area (Å²) >= 11 is 0. The molecule has 0 bridgehead atoms. The van der Waals surface area contributed by atoms with Crippen LogP contribution in [0.5, 0.6) is 0 Å². The lowest BCUT2D eigenvalue weighted by Crippen LogP contribution is -2.66. The smallest absolute Gasteiger partial charge is 0.192 e. The molecule has 2 atom stereocenters. The standard InChI is InChI=1S/C24H36N6O.HI/c1-4-31-21-15-20(24(21)13-9-6-10-14-24)27-23(25-16-19-11-7-5-8-12-19)26-17-22-29-28-18(2)30(22)3;/h5,7-8,11-12,20-21H,4,6,9-10,13-17H2,1-3H3,(H2,25,26,27);1H. The van der Waals surface area contributed by atoms with Crippen molar-refractivity contribution >= 4 is 29.9 Å². The van der Waals surface area contributed by atoms with Gasteiger partial charge in [0.25, 0.3) is 0 Å². The first-order chi connectivity index (χ1) is 15.1. The number of aryl methyl sites for hydroxylation is 1. The predicted molar refractivity (Wildman–Crippen MR) is 138 cm³/mol. The third kappa shape index (κ3) is 5.44. The number of hydrogen-bond acceptors (Lipinski definition) is 4. The molecule has 176 valence electrons. The molecule has 8 heteroatoms. The number of rotatable bonds is 7. The number of aromatic nitrogens is 3. The zero-order valence-corrected chi connectivity index (χ0v) is 21.8. The molecule has 2 aromatic rings. The van der Waals surface area contributed by atoms with Crippen molar-refractivity contribution in [2.45, 2.75) is 77.6 Å². The fourth-order valence-corrected chi connectivity index (χ4v) is 5.10. The normalized spacial score (nSPS) is 22.2. The third-order valence-corrected chi connectivity index (χ3v) is 7.11. The molecular weight excluding hydrogens is 515 g/mol. The zero-order chi connectivity index (χ0) is 21.7. The van der Waals surface area contributed by atoms with Crippen molar-refractivity contribution in [2.24, 2.45) is 17.5 Å². The molecule has 0 radical (unpaired) electrons. The van der Waals surface area contributed by atoms with E-state index in [1.54, 1.807) is 0 Å². The number of ether oxygens (including phenoxy) is 1. The van der Waals surface area contributed by atoms with Crippen LogP contribution in [0.2, 0.25) is 0 Å². The van der Waals surface area contributed by atoms with Crippen molar-refractivity contribution in [2.75, 3.05) is 6.61 Å². The van der Waals surface area contributed by atoms with E-state index in [1.165, 1.54) is 37.7 Å². The Kier molecular flexibility index (Phi) is 8.93. The van der Waals surface area contributed by atoms with Gasteiger partial charge in [0.2, 0.25) is 0 Å². The number of hydrogen-bond donors (Lipinski definition) is 2. The first-order valence-corrected chi connectivity index (χ1v) is 11.7. The molecule has 32 heavy (non-hydrogen) atoms. The van der Waals surface area contributed by atoms with E-state index in [9.17, 15) is 0 Å². The van der Waals surface area contributed by atoms with Crippen LogP contribution >= 0.6 is 24.0 Å². The minimum absolute atomic E-state index is 0. The summed E-state index contributed by atoms with van der Waals surface area (Å²) in [6.45, 7) is 6.09. The minimum Gasteiger partial charge on any atom is -0.378 e. The zero-order valence-electron chi connectivity index (χ0n) is 19.5. The van der Waals surface area contributed by atoms with Gasteiger partial charge in [0, 0.05) is 25.1 Å². The second-order valence-electron chi connectivity index (χ2n) is 8.90. The van der Waals surface area contributed by atoms with Crippen LogP contribution in [0.15, 0.2) is 35.3 Å². The molecule has 2 saturated carbocycles. The van der Waals surface area contributed by atoms with Crippen LogP contribution in [0.3, 0.4) is 0 Å². The van der Waals surface area contributed by atoms with Crippen LogP contribution < -0.4 is 10.6 Å². The SMILES string of the molecule is CCOC1CC(NC(=NCc2ccccc2)NCc2nnc(C)n2C)C12CCCCC2.I. The van der Waals surface area contributed by atoms with Crippen molar-refractivity contribution in [3.05, 3.63) is 47.5 Å². The summed E-state index contributed by atoms with van der Waals surface area (Å²) in [7, 11) is 2.00. The fraction of sp³-hybridized carbons (Fsp3) is 0.625. The molecule has 7 nitrogen and oxygen atoms in total. The summed E-state index contributed by atoms with van der Waals surface area (Å²) in [5.41, 5.74) is 1.44. The lowest BCUT2D eigenvalue weighted by atomic mass is 9.55. The maximum absolute atomic E-state index is 6.14. The average Bonchev–Trinajstić information content (AvgIpc) is 3.13. The Bertz CT molecular complexity index is 878. The topological polar surface area (TPSA) is 76.4 Å². The summed E-state index contributed by atoms with van der Waals surface area (Å²) < 4.78 is 8.15. The molecule has 0 aliphatic heterocycles. The van der Waals surface area contributed by atoms with Crippen LogP contribution in [-0.2, 0) is 24.9 Å². The molecule has 2 unspecified atom stereocenters. The molecule has 2 N–H and O–H groups in total. The van der Waals surface area contributed by atoms with Gasteiger partial charge in [-0.05, 0) is 38.7 Å². The van der Waals surface area contributed by atoms with E-state index < -0.39 is 0 Å². The molecule has 1 spiro atoms. The van der Waals surface area contributed by atoms with Gasteiger partial charge in [0.05, 0.1) is 19.2 Å². The van der Waals surface area contributed by atoms with Crippen LogP contribution in [0, 0.1) is 12.3 Å². The van der Waals surface area contributed by atoms with Gasteiger partial charge in [-0.25, -0.2) is 4.99 Å². The number of nitrogens with zero attached hydrogens (tertiary/aromatic N) is 4. The molecule has 1 aromatic heterocycles. The van der Waals surface area contributed by atoms with Crippen LogP contribution in [-0.4, -0.2) is 39.5 Å². The number of nitrogens with one attached hydrogen (secondary N) is 2. The highest BCUT2D eigenvalue weighted by Crippen LogP contribution is 2.53. The second kappa shape index (κ2) is 11.4. The predicted octanol–water partition coefficient (Wildman–Crippen LogP) is 4.10. The Morgan fingerprint density at radius 2 is 1.94 bits per heavy atom. The first-order valence-electron chi connectivity index (χ1n) is 11.7. The highest BCUT2D eigenvalue weighted by atomic mass is 127. The molecular formula is C24H37IN6O. The minimum atomic E-state index is 0. The number of aliphatic imine (C=N–C) groups is 1. The maximum atomic E-state index is 6.14. The van der Waals surface area contributed by atoms with Crippen molar-refractivity contribution in [3.63, 3.8) is 0 Å². The first kappa shape index (κ1) is 25.0. The molecule has 0 saturated heterocycles. The van der Waals surface area contributed by atoms with Crippen molar-refractivity contribution in [3.8, 4) is 0 Å². The number of guanidine groups is 1. The van der Waals surface area contributed by atoms with Gasteiger partial charge >= 0.3 is 0 Å². The molecule has 0 amide bonds. The van der Waals surface area contributed by atoms with E-state index >= 15 is 0 Å². The summed E-state index contributed by atoms with van der Waals surface area (Å²) in [5, 5.41) is 15.7. The monoisotopic (exact) mass is 552 g/mol. The second-order valence-corrected chi connectivity index (χ2v) is 8.90. The largest absolute Gasteiger partial charge is 0.378 e. The van der Waals surface area contributed by atoms with Crippen molar-refractivity contribution in [1.82, 2.24) is 25.4 Å². The van der Waals surface area contributed by atoms with Gasteiger partial charge in [-0.15, -0.1) is 34.2 Å². The van der Waals surface area contributed by atoms with E-state index in [2.05, 4.69) is 52.0 Å². The number of benzene rings is 1. The summed E-state index contributed by atoms with van der Waals surface area (Å²) in [6, 6.07) is 10.8. The Hall–Kier alpha value is -1.68. The van der Waals surface area contributed by atoms with Gasteiger partial charge < -0.3 is 19.9 Å². The third-order valence-electron chi connectivity index (χ3n) is 7.11. The van der Waals surface area contributed by atoms with Crippen LogP contribution in [0.25, 0.3) is 0 Å². The lowest BCUT2D eigenvalue weighted by molar-refractivity contribution is -0.145. The molecule has 1 heterocycles. The highest BCUT2D eigenvalue weighted by Gasteiger charge is 2.55. The van der Waals surface area contributed by atoms with E-state index in [0.29, 0.717) is 25.2 Å². The highest BCUT2D eigenvalue weighted by molar-refractivity contribution is 14.0. The molecule has 2 aliphatic carbocycles. The Morgan fingerprint density at radius 3 is 2.59 bits per heavy atom. The fourth-order valence-electron chi connectivity index (χ4n) is 5.10. The Balaban J connectivity index is 0.00000289. The van der Waals surface area contributed by atoms with Crippen molar-refractivity contribution in [1.29, 1.82) is 0 Å². The summed E-state index contributed by atoms with van der Waals surface area (Å²) in [5.74, 6) is 2.65. The van der Waals surface area contributed by atoms with E-state index in [1.807, 2.05) is 24.6 Å². The quantitative estimate of drug-likeness (QED) is 0.307. The van der Waals surface area contributed by atoms with Crippen molar-refractivity contribution < 1.29 is 4.74 Å². The summed E-state index contributed by atoms with van der Waals surface area (Å²) in [4.78, 5) is 4.91. The van der Waals surface area contributed by atoms with E-state index in [0.717, 1.165) is 30.6 Å². The van der Waals surface area contributed by atoms with Gasteiger partial charge in [0.1, 0.15) is 5.82 Å². The lowest BCUT2D eigenvalue weighted by Gasteiger charge is -2.58. The Morgan fingerprint density at radius 1 is 1.19 bits per heavy atom. The Labute approximate surface area is 208 Å². The van der Waals surface area contributed by atoms with Gasteiger partial charge in [-0.2, -0.15) is 0 Å². The van der Waals surface area contributed by atoms with E-state index in [-0.39, 0.29) is 29.4 Å². The average molecular weight is 553 g/mol.